The second-order valence-electron chi connectivity index (χ2n) is 6.33. The first-order valence-corrected chi connectivity index (χ1v) is 10.4. The van der Waals surface area contributed by atoms with E-state index in [1.807, 2.05) is 24.3 Å². The van der Waals surface area contributed by atoms with Gasteiger partial charge in [0.05, 0.1) is 23.9 Å². The van der Waals surface area contributed by atoms with Crippen molar-refractivity contribution in [2.45, 2.75) is 18.2 Å². The maximum Gasteiger partial charge on any atom is 0.263 e. The Hall–Kier alpha value is -3.06. The molecule has 1 heterocycles. The fourth-order valence-corrected chi connectivity index (χ4v) is 4.01. The fourth-order valence-electron chi connectivity index (χ4n) is 2.75. The molecule has 2 N–H and O–H groups in total. The molecular formula is C21H23N3O3S. The SMILES string of the molecule is COc1ccc(CCNc2ccc(NS(=O)(=O)c3ccccc3C)nc2)cc1. The number of hydrogen-bond donors (Lipinski definition) is 2. The van der Waals surface area contributed by atoms with Gasteiger partial charge in [-0.25, -0.2) is 13.4 Å². The van der Waals surface area contributed by atoms with E-state index in [2.05, 4.69) is 15.0 Å². The van der Waals surface area contributed by atoms with Crippen molar-refractivity contribution in [1.82, 2.24) is 4.98 Å². The van der Waals surface area contributed by atoms with Crippen molar-refractivity contribution in [1.29, 1.82) is 0 Å². The molecule has 1 aromatic heterocycles. The molecule has 0 amide bonds. The summed E-state index contributed by atoms with van der Waals surface area (Å²) in [5, 5.41) is 3.28. The Kier molecular flexibility index (Phi) is 6.16. The molecule has 0 saturated heterocycles. The third kappa shape index (κ3) is 5.01. The molecule has 0 saturated carbocycles. The van der Waals surface area contributed by atoms with Crippen LogP contribution in [-0.2, 0) is 16.4 Å². The van der Waals surface area contributed by atoms with Crippen LogP contribution in [0.5, 0.6) is 5.75 Å². The molecule has 2 aromatic carbocycles. The summed E-state index contributed by atoms with van der Waals surface area (Å²) in [6, 6.07) is 18.2. The van der Waals surface area contributed by atoms with Gasteiger partial charge in [-0.15, -0.1) is 0 Å². The average Bonchev–Trinajstić information content (AvgIpc) is 2.70. The zero-order chi connectivity index (χ0) is 20.0. The lowest BCUT2D eigenvalue weighted by Gasteiger charge is -2.11. The highest BCUT2D eigenvalue weighted by molar-refractivity contribution is 7.92. The molecule has 0 aliphatic carbocycles. The van der Waals surface area contributed by atoms with Crippen molar-refractivity contribution in [2.75, 3.05) is 23.7 Å². The van der Waals surface area contributed by atoms with Crippen LogP contribution in [0, 0.1) is 6.92 Å². The van der Waals surface area contributed by atoms with Crippen molar-refractivity contribution in [2.24, 2.45) is 0 Å². The van der Waals surface area contributed by atoms with Gasteiger partial charge in [0.25, 0.3) is 10.0 Å². The highest BCUT2D eigenvalue weighted by Gasteiger charge is 2.16. The second-order valence-corrected chi connectivity index (χ2v) is 7.98. The van der Waals surface area contributed by atoms with Crippen LogP contribution in [0.4, 0.5) is 11.5 Å². The summed E-state index contributed by atoms with van der Waals surface area (Å²) in [6.45, 7) is 2.50. The number of methoxy groups -OCH3 is 1. The number of aryl methyl sites for hydroxylation is 1. The lowest BCUT2D eigenvalue weighted by molar-refractivity contribution is 0.414. The van der Waals surface area contributed by atoms with E-state index in [0.717, 1.165) is 24.4 Å². The van der Waals surface area contributed by atoms with Gasteiger partial charge in [0.2, 0.25) is 0 Å². The molecule has 0 aliphatic heterocycles. The molecular weight excluding hydrogens is 374 g/mol. The summed E-state index contributed by atoms with van der Waals surface area (Å²) in [6.07, 6.45) is 2.47. The number of nitrogens with one attached hydrogen (secondary N) is 2. The van der Waals surface area contributed by atoms with Crippen LogP contribution < -0.4 is 14.8 Å². The summed E-state index contributed by atoms with van der Waals surface area (Å²) in [4.78, 5) is 4.45. The molecule has 0 atom stereocenters. The first kappa shape index (κ1) is 19.7. The molecule has 0 fully saturated rings. The minimum atomic E-state index is -3.66. The minimum Gasteiger partial charge on any atom is -0.497 e. The molecule has 0 aliphatic rings. The molecule has 6 nitrogen and oxygen atoms in total. The second kappa shape index (κ2) is 8.75. The predicted octanol–water partition coefficient (Wildman–Crippen LogP) is 3.85. The Morgan fingerprint density at radius 2 is 1.75 bits per heavy atom. The van der Waals surface area contributed by atoms with E-state index in [4.69, 9.17) is 4.74 Å². The van der Waals surface area contributed by atoms with E-state index in [-0.39, 0.29) is 10.7 Å². The molecule has 3 rings (SSSR count). The number of aromatic nitrogens is 1. The van der Waals surface area contributed by atoms with E-state index < -0.39 is 10.0 Å². The van der Waals surface area contributed by atoms with Crippen molar-refractivity contribution >= 4 is 21.5 Å². The first-order chi connectivity index (χ1) is 13.5. The van der Waals surface area contributed by atoms with Gasteiger partial charge >= 0.3 is 0 Å². The number of ether oxygens (including phenoxy) is 1. The Balaban J connectivity index is 1.56. The first-order valence-electron chi connectivity index (χ1n) is 8.89. The Bertz CT molecular complexity index is 1020. The number of nitrogens with zero attached hydrogens (tertiary/aromatic N) is 1. The number of benzene rings is 2. The van der Waals surface area contributed by atoms with Crippen LogP contribution >= 0.6 is 0 Å². The molecule has 7 heteroatoms. The van der Waals surface area contributed by atoms with Gasteiger partial charge in [-0.2, -0.15) is 0 Å². The minimum absolute atomic E-state index is 0.249. The third-order valence-corrected chi connectivity index (χ3v) is 5.80. The highest BCUT2D eigenvalue weighted by atomic mass is 32.2. The average molecular weight is 398 g/mol. The monoisotopic (exact) mass is 397 g/mol. The molecule has 0 unspecified atom stereocenters. The van der Waals surface area contributed by atoms with Crippen LogP contribution in [0.1, 0.15) is 11.1 Å². The number of hydrogen-bond acceptors (Lipinski definition) is 5. The Labute approximate surface area is 165 Å². The lowest BCUT2D eigenvalue weighted by Crippen LogP contribution is -2.15. The van der Waals surface area contributed by atoms with E-state index >= 15 is 0 Å². The van der Waals surface area contributed by atoms with Crippen molar-refractivity contribution in [3.63, 3.8) is 0 Å². The Morgan fingerprint density at radius 1 is 1.00 bits per heavy atom. The van der Waals surface area contributed by atoms with Gasteiger partial charge in [-0.05, 0) is 54.8 Å². The van der Waals surface area contributed by atoms with E-state index in [9.17, 15) is 8.42 Å². The summed E-state index contributed by atoms with van der Waals surface area (Å²) in [5.41, 5.74) is 2.71. The fraction of sp³-hybridized carbons (Fsp3) is 0.190. The zero-order valence-electron chi connectivity index (χ0n) is 15.8. The molecule has 3 aromatic rings. The summed E-state index contributed by atoms with van der Waals surface area (Å²) in [5.74, 6) is 1.12. The topological polar surface area (TPSA) is 80.3 Å². The van der Waals surface area contributed by atoms with Gasteiger partial charge in [0, 0.05) is 6.54 Å². The van der Waals surface area contributed by atoms with Crippen molar-refractivity contribution in [3.8, 4) is 5.75 Å². The molecule has 0 bridgehead atoms. The van der Waals surface area contributed by atoms with Crippen molar-refractivity contribution < 1.29 is 13.2 Å². The van der Waals surface area contributed by atoms with Crippen LogP contribution in [0.15, 0.2) is 71.8 Å². The molecule has 0 spiro atoms. The molecule has 146 valence electrons. The number of rotatable bonds is 8. The van der Waals surface area contributed by atoms with Gasteiger partial charge < -0.3 is 10.1 Å². The van der Waals surface area contributed by atoms with Crippen LogP contribution in [0.2, 0.25) is 0 Å². The Morgan fingerprint density at radius 3 is 2.39 bits per heavy atom. The van der Waals surface area contributed by atoms with E-state index in [1.54, 1.807) is 56.6 Å². The van der Waals surface area contributed by atoms with Gasteiger partial charge in [-0.3, -0.25) is 4.72 Å². The number of sulfonamides is 1. The quantitative estimate of drug-likeness (QED) is 0.603. The van der Waals surface area contributed by atoms with Crippen LogP contribution in [0.3, 0.4) is 0 Å². The highest BCUT2D eigenvalue weighted by Crippen LogP contribution is 2.19. The normalized spacial score (nSPS) is 11.1. The van der Waals surface area contributed by atoms with Gasteiger partial charge in [0.15, 0.2) is 0 Å². The van der Waals surface area contributed by atoms with Crippen molar-refractivity contribution in [3.05, 3.63) is 78.0 Å². The van der Waals surface area contributed by atoms with E-state index in [0.29, 0.717) is 5.56 Å². The lowest BCUT2D eigenvalue weighted by atomic mass is 10.1. The number of pyridine rings is 1. The number of anilines is 2. The van der Waals surface area contributed by atoms with Gasteiger partial charge in [0.1, 0.15) is 11.6 Å². The standard InChI is InChI=1S/C21H23N3O3S/c1-16-5-3-4-6-20(16)28(25,26)24-21-12-9-18(15-23-21)22-14-13-17-7-10-19(27-2)11-8-17/h3-12,15,22H,13-14H2,1-2H3,(H,23,24). The van der Waals surface area contributed by atoms with E-state index in [1.165, 1.54) is 5.56 Å². The zero-order valence-corrected chi connectivity index (χ0v) is 16.7. The summed E-state index contributed by atoms with van der Waals surface area (Å²) < 4.78 is 32.7. The van der Waals surface area contributed by atoms with Gasteiger partial charge in [-0.1, -0.05) is 30.3 Å². The summed E-state index contributed by atoms with van der Waals surface area (Å²) >= 11 is 0. The predicted molar refractivity (Wildman–Crippen MR) is 111 cm³/mol. The molecule has 0 radical (unpaired) electrons. The largest absolute Gasteiger partial charge is 0.497 e. The maximum absolute atomic E-state index is 12.5. The van der Waals surface area contributed by atoms with Crippen LogP contribution in [0.25, 0.3) is 0 Å². The third-order valence-electron chi connectivity index (χ3n) is 4.29. The molecule has 28 heavy (non-hydrogen) atoms. The summed E-state index contributed by atoms with van der Waals surface area (Å²) in [7, 11) is -2.01. The smallest absolute Gasteiger partial charge is 0.263 e. The maximum atomic E-state index is 12.5. The van der Waals surface area contributed by atoms with Crippen LogP contribution in [-0.4, -0.2) is 27.1 Å².